The van der Waals surface area contributed by atoms with Crippen LogP contribution in [0.3, 0.4) is 0 Å². The second-order valence-corrected chi connectivity index (χ2v) is 4.79. The third-order valence-electron chi connectivity index (χ3n) is 1.69. The molecule has 1 atom stereocenters. The number of hydrogen-bond donors (Lipinski definition) is 0. The van der Waals surface area contributed by atoms with E-state index in [-0.39, 0.29) is 6.04 Å². The summed E-state index contributed by atoms with van der Waals surface area (Å²) in [5.74, 6) is -0.410. The smallest absolute Gasteiger partial charge is 0.274 e. The van der Waals surface area contributed by atoms with Crippen molar-refractivity contribution < 1.29 is 13.2 Å². The Kier molecular flexibility index (Phi) is 2.11. The molecule has 1 heterocycles. The summed E-state index contributed by atoms with van der Waals surface area (Å²) in [7, 11) is 1.16. The molecule has 0 radical (unpaired) electrons. The first-order chi connectivity index (χ1) is 4.96. The molecule has 1 aliphatic rings. The van der Waals surface area contributed by atoms with Crippen molar-refractivity contribution in [3.05, 3.63) is 0 Å². The lowest BCUT2D eigenvalue weighted by Gasteiger charge is -2.36. The Morgan fingerprint density at radius 2 is 2.27 bits per heavy atom. The highest BCUT2D eigenvalue weighted by Crippen LogP contribution is 2.27. The number of amides is 1. The van der Waals surface area contributed by atoms with E-state index in [0.29, 0.717) is 12.8 Å². The SMILES string of the molecule is CC[C@@H]1CC(=O)N1S(=O)(=O)Cl. The Bertz CT molecular complexity index is 273. The van der Waals surface area contributed by atoms with Crippen molar-refractivity contribution >= 4 is 25.8 Å². The molecule has 11 heavy (non-hydrogen) atoms. The standard InChI is InChI=1S/C5H8ClNO3S/c1-2-4-3-5(8)7(4)11(6,9)10/h4H,2-3H2,1H3/t4-/m1/s1. The molecule has 4 nitrogen and oxygen atoms in total. The molecule has 1 fully saturated rings. The van der Waals surface area contributed by atoms with Gasteiger partial charge in [0.15, 0.2) is 0 Å². The highest BCUT2D eigenvalue weighted by molar-refractivity contribution is 8.12. The minimum Gasteiger partial charge on any atom is -0.274 e. The molecule has 1 aliphatic heterocycles. The number of hydrogen-bond acceptors (Lipinski definition) is 3. The molecule has 0 N–H and O–H groups in total. The van der Waals surface area contributed by atoms with Crippen LogP contribution < -0.4 is 0 Å². The summed E-state index contributed by atoms with van der Waals surface area (Å²) < 4.78 is 22.1. The third kappa shape index (κ3) is 1.49. The van der Waals surface area contributed by atoms with Crippen molar-refractivity contribution in [3.63, 3.8) is 0 Å². The summed E-state index contributed by atoms with van der Waals surface area (Å²) in [5, 5.41) is 0. The zero-order valence-electron chi connectivity index (χ0n) is 5.95. The Morgan fingerprint density at radius 3 is 2.45 bits per heavy atom. The van der Waals surface area contributed by atoms with Crippen LogP contribution in [0.4, 0.5) is 0 Å². The highest BCUT2D eigenvalue weighted by Gasteiger charge is 2.42. The molecule has 0 spiro atoms. The second kappa shape index (κ2) is 2.64. The third-order valence-corrected chi connectivity index (χ3v) is 3.11. The summed E-state index contributed by atoms with van der Waals surface area (Å²) in [6, 6.07) is -0.218. The van der Waals surface area contributed by atoms with Gasteiger partial charge in [-0.1, -0.05) is 6.92 Å². The molecule has 0 bridgehead atoms. The van der Waals surface area contributed by atoms with Crippen LogP contribution in [-0.4, -0.2) is 24.7 Å². The molecule has 0 aromatic rings. The molecule has 1 rings (SSSR count). The van der Waals surface area contributed by atoms with Crippen LogP contribution in [0.5, 0.6) is 0 Å². The number of rotatable bonds is 2. The normalized spacial score (nSPS) is 25.1. The zero-order chi connectivity index (χ0) is 8.65. The predicted octanol–water partition coefficient (Wildman–Crippen LogP) is 0.481. The molecule has 0 aromatic carbocycles. The van der Waals surface area contributed by atoms with Crippen molar-refractivity contribution in [2.75, 3.05) is 0 Å². The summed E-state index contributed by atoms with van der Waals surface area (Å²) in [6.07, 6.45) is 0.917. The lowest BCUT2D eigenvalue weighted by atomic mass is 10.0. The summed E-state index contributed by atoms with van der Waals surface area (Å²) >= 11 is 0. The van der Waals surface area contributed by atoms with Crippen molar-refractivity contribution in [1.29, 1.82) is 0 Å². The molecule has 0 saturated carbocycles. The van der Waals surface area contributed by atoms with E-state index in [1.54, 1.807) is 0 Å². The molecule has 0 aromatic heterocycles. The van der Waals surface area contributed by atoms with E-state index < -0.39 is 15.1 Å². The zero-order valence-corrected chi connectivity index (χ0v) is 7.52. The van der Waals surface area contributed by atoms with Crippen molar-refractivity contribution in [2.24, 2.45) is 0 Å². The van der Waals surface area contributed by atoms with Crippen LogP contribution in [0.2, 0.25) is 0 Å². The van der Waals surface area contributed by atoms with Gasteiger partial charge in [-0.15, -0.1) is 0 Å². The van der Waals surface area contributed by atoms with E-state index in [1.165, 1.54) is 0 Å². The summed E-state index contributed by atoms with van der Waals surface area (Å²) in [6.45, 7) is 1.81. The number of carbonyl (C=O) groups is 1. The second-order valence-electron chi connectivity index (χ2n) is 2.40. The Morgan fingerprint density at radius 1 is 1.73 bits per heavy atom. The van der Waals surface area contributed by atoms with Gasteiger partial charge in [0, 0.05) is 17.1 Å². The van der Waals surface area contributed by atoms with E-state index in [9.17, 15) is 13.2 Å². The summed E-state index contributed by atoms with van der Waals surface area (Å²) in [5.41, 5.74) is 0. The lowest BCUT2D eigenvalue weighted by Crippen LogP contribution is -2.53. The molecule has 0 unspecified atom stereocenters. The van der Waals surface area contributed by atoms with Crippen molar-refractivity contribution in [2.45, 2.75) is 25.8 Å². The predicted molar refractivity (Wildman–Crippen MR) is 40.3 cm³/mol. The maximum Gasteiger partial charge on any atom is 0.324 e. The van der Waals surface area contributed by atoms with Gasteiger partial charge >= 0.3 is 9.24 Å². The van der Waals surface area contributed by atoms with Crippen molar-refractivity contribution in [3.8, 4) is 0 Å². The van der Waals surface area contributed by atoms with E-state index in [4.69, 9.17) is 10.7 Å². The van der Waals surface area contributed by atoms with Crippen LogP contribution >= 0.6 is 10.7 Å². The first-order valence-corrected chi connectivity index (χ1v) is 5.50. The molecule has 64 valence electrons. The van der Waals surface area contributed by atoms with E-state index in [1.807, 2.05) is 6.92 Å². The maximum absolute atomic E-state index is 10.7. The summed E-state index contributed by atoms with van der Waals surface area (Å²) in [4.78, 5) is 10.7. The Hall–Kier alpha value is -0.290. The molecule has 6 heteroatoms. The Balaban J connectivity index is 2.79. The van der Waals surface area contributed by atoms with Gasteiger partial charge in [-0.2, -0.15) is 8.42 Å². The van der Waals surface area contributed by atoms with Gasteiger partial charge in [0.1, 0.15) is 0 Å². The van der Waals surface area contributed by atoms with Crippen molar-refractivity contribution in [1.82, 2.24) is 4.31 Å². The van der Waals surface area contributed by atoms with Gasteiger partial charge in [0.25, 0.3) is 0 Å². The fraction of sp³-hybridized carbons (Fsp3) is 0.800. The first-order valence-electron chi connectivity index (χ1n) is 3.23. The number of β-lactam (4-membered cyclic amide) rings is 1. The van der Waals surface area contributed by atoms with Crippen LogP contribution in [0, 0.1) is 0 Å². The van der Waals surface area contributed by atoms with Crippen LogP contribution in [0.25, 0.3) is 0 Å². The van der Waals surface area contributed by atoms with Crippen LogP contribution in [0.15, 0.2) is 0 Å². The minimum absolute atomic E-state index is 0.218. The average Bonchev–Trinajstić information content (AvgIpc) is 1.77. The van der Waals surface area contributed by atoms with Gasteiger partial charge in [0.05, 0.1) is 6.04 Å². The van der Waals surface area contributed by atoms with E-state index in [0.717, 1.165) is 4.31 Å². The molecule has 0 aliphatic carbocycles. The largest absolute Gasteiger partial charge is 0.324 e. The monoisotopic (exact) mass is 197 g/mol. The number of halogens is 1. The van der Waals surface area contributed by atoms with Crippen LogP contribution in [0.1, 0.15) is 19.8 Å². The quantitative estimate of drug-likeness (QED) is 0.478. The number of nitrogens with zero attached hydrogens (tertiary/aromatic N) is 1. The molecular formula is C5H8ClNO3S. The Labute approximate surface area is 69.7 Å². The number of carbonyl (C=O) groups excluding carboxylic acids is 1. The fourth-order valence-corrected chi connectivity index (χ4v) is 2.54. The highest BCUT2D eigenvalue weighted by atomic mass is 35.7. The molecular weight excluding hydrogens is 190 g/mol. The van der Waals surface area contributed by atoms with Gasteiger partial charge in [-0.05, 0) is 6.42 Å². The van der Waals surface area contributed by atoms with Gasteiger partial charge in [0.2, 0.25) is 5.91 Å². The topological polar surface area (TPSA) is 54.5 Å². The maximum atomic E-state index is 10.7. The van der Waals surface area contributed by atoms with Gasteiger partial charge in [-0.3, -0.25) is 4.79 Å². The fourth-order valence-electron chi connectivity index (χ4n) is 1.08. The molecule has 1 amide bonds. The first kappa shape index (κ1) is 8.80. The van der Waals surface area contributed by atoms with E-state index in [2.05, 4.69) is 0 Å². The van der Waals surface area contributed by atoms with Crippen LogP contribution in [-0.2, 0) is 14.0 Å². The van der Waals surface area contributed by atoms with Gasteiger partial charge in [-0.25, -0.2) is 4.31 Å². The average molecular weight is 198 g/mol. The minimum atomic E-state index is -3.82. The van der Waals surface area contributed by atoms with E-state index >= 15 is 0 Å². The molecule has 1 saturated heterocycles. The van der Waals surface area contributed by atoms with Gasteiger partial charge < -0.3 is 0 Å². The lowest BCUT2D eigenvalue weighted by molar-refractivity contribution is -0.137.